The van der Waals surface area contributed by atoms with Gasteiger partial charge in [-0.25, -0.2) is 8.78 Å². The number of rotatable bonds is 16. The van der Waals surface area contributed by atoms with Crippen LogP contribution in [-0.4, -0.2) is 88.3 Å². The van der Waals surface area contributed by atoms with Gasteiger partial charge >= 0.3 is 0 Å². The molecule has 0 aliphatic rings. The molecule has 0 aromatic heterocycles. The minimum absolute atomic E-state index is 0.0136. The van der Waals surface area contributed by atoms with Crippen LogP contribution in [0.3, 0.4) is 0 Å². The number of hydrogen-bond donors (Lipinski definition) is 3. The molecule has 3 atom stereocenters. The van der Waals surface area contributed by atoms with E-state index in [-0.39, 0.29) is 36.6 Å². The van der Waals surface area contributed by atoms with E-state index in [9.17, 15) is 28.6 Å². The molecule has 0 radical (unpaired) electrons. The quantitative estimate of drug-likeness (QED) is 0.277. The van der Waals surface area contributed by atoms with Crippen LogP contribution in [0.5, 0.6) is 0 Å². The summed E-state index contributed by atoms with van der Waals surface area (Å²) < 4.78 is 27.3. The zero-order chi connectivity index (χ0) is 29.8. The fourth-order valence-corrected chi connectivity index (χ4v) is 5.21. The molecular formula is C30H43F2N3O4S. The normalized spacial score (nSPS) is 13.5. The van der Waals surface area contributed by atoms with Crippen molar-refractivity contribution < 1.29 is 28.6 Å². The molecule has 0 aliphatic carbocycles. The average molecular weight is 580 g/mol. The first-order valence-corrected chi connectivity index (χ1v) is 15.1. The number of nitrogens with zero attached hydrogens (tertiary/aromatic N) is 2. The molecule has 7 nitrogen and oxygen atoms in total. The molecule has 2 amide bonds. The Morgan fingerprint density at radius 1 is 0.975 bits per heavy atom. The minimum Gasteiger partial charge on any atom is -0.394 e. The molecule has 2 aromatic carbocycles. The highest BCUT2D eigenvalue weighted by Gasteiger charge is 2.29. The van der Waals surface area contributed by atoms with Crippen molar-refractivity contribution in [3.63, 3.8) is 0 Å². The van der Waals surface area contributed by atoms with Crippen molar-refractivity contribution in [2.75, 3.05) is 38.2 Å². The van der Waals surface area contributed by atoms with Crippen LogP contribution in [0.25, 0.3) is 0 Å². The summed E-state index contributed by atoms with van der Waals surface area (Å²) in [5.74, 6) is -1.42. The van der Waals surface area contributed by atoms with Crippen LogP contribution in [0.15, 0.2) is 36.4 Å². The predicted molar refractivity (Wildman–Crippen MR) is 157 cm³/mol. The summed E-state index contributed by atoms with van der Waals surface area (Å²) in [6.45, 7) is 6.50. The summed E-state index contributed by atoms with van der Waals surface area (Å²) in [7, 11) is 0. The van der Waals surface area contributed by atoms with E-state index in [2.05, 4.69) is 0 Å². The molecule has 10 heteroatoms. The number of aliphatic hydroxyl groups excluding tert-OH is 2. The molecule has 2 rings (SSSR count). The summed E-state index contributed by atoms with van der Waals surface area (Å²) in [6, 6.07) is 6.52. The van der Waals surface area contributed by atoms with Gasteiger partial charge < -0.3 is 25.7 Å². The van der Waals surface area contributed by atoms with Gasteiger partial charge in [-0.05, 0) is 86.1 Å². The summed E-state index contributed by atoms with van der Waals surface area (Å²) >= 11 is 1.56. The predicted octanol–water partition coefficient (Wildman–Crippen LogP) is 4.02. The molecule has 0 fully saturated rings. The zero-order valence-corrected chi connectivity index (χ0v) is 24.7. The number of hydrogen-bond acceptors (Lipinski definition) is 6. The van der Waals surface area contributed by atoms with E-state index in [1.165, 1.54) is 4.90 Å². The largest absolute Gasteiger partial charge is 0.394 e. The molecule has 2 aromatic rings. The number of carbonyl (C=O) groups excluding carboxylic acids is 2. The molecule has 0 unspecified atom stereocenters. The second-order valence-electron chi connectivity index (χ2n) is 10.2. The van der Waals surface area contributed by atoms with Gasteiger partial charge in [-0.1, -0.05) is 13.8 Å². The maximum atomic E-state index is 13.9. The van der Waals surface area contributed by atoms with Gasteiger partial charge in [-0.2, -0.15) is 11.8 Å². The Bertz CT molecular complexity index is 1090. The third kappa shape index (κ3) is 9.83. The van der Waals surface area contributed by atoms with E-state index in [0.717, 1.165) is 36.6 Å². The molecule has 0 spiro atoms. The van der Waals surface area contributed by atoms with Crippen LogP contribution in [0, 0.1) is 18.6 Å². The highest BCUT2D eigenvalue weighted by Crippen LogP contribution is 2.20. The van der Waals surface area contributed by atoms with Gasteiger partial charge in [0.15, 0.2) is 0 Å². The second kappa shape index (κ2) is 16.7. The maximum Gasteiger partial charge on any atom is 0.254 e. The molecular weight excluding hydrogens is 536 g/mol. The van der Waals surface area contributed by atoms with Gasteiger partial charge in [0, 0.05) is 42.9 Å². The molecule has 40 heavy (non-hydrogen) atoms. The first-order valence-electron chi connectivity index (χ1n) is 13.7. The van der Waals surface area contributed by atoms with Gasteiger partial charge in [-0.3, -0.25) is 9.59 Å². The Labute approximate surface area is 240 Å². The minimum atomic E-state index is -1.24. The Morgan fingerprint density at radius 2 is 1.55 bits per heavy atom. The van der Waals surface area contributed by atoms with Crippen molar-refractivity contribution in [2.24, 2.45) is 5.73 Å². The van der Waals surface area contributed by atoms with Gasteiger partial charge in [-0.15, -0.1) is 0 Å². The summed E-state index contributed by atoms with van der Waals surface area (Å²) in [6.07, 6.45) is 2.75. The van der Waals surface area contributed by atoms with E-state index in [1.807, 2.05) is 27.0 Å². The SMILES string of the molecule is CCCN(CCC)C(=O)c1cc(C)cc(C(=O)N(C[C@@H](O)[C@@H](N)Cc2cc(F)cc(F)c2)[C@H](CO)CCSC)c1. The number of amides is 2. The van der Waals surface area contributed by atoms with Crippen molar-refractivity contribution >= 4 is 23.6 Å². The molecule has 4 N–H and O–H groups in total. The van der Waals surface area contributed by atoms with E-state index >= 15 is 0 Å². The van der Waals surface area contributed by atoms with Crippen molar-refractivity contribution in [1.82, 2.24) is 9.80 Å². The Balaban J connectivity index is 2.37. The van der Waals surface area contributed by atoms with Crippen molar-refractivity contribution in [3.05, 3.63) is 70.3 Å². The first-order chi connectivity index (χ1) is 19.0. The number of aliphatic hydroxyl groups is 2. The fraction of sp³-hybridized carbons (Fsp3) is 0.533. The summed E-state index contributed by atoms with van der Waals surface area (Å²) in [5, 5.41) is 21.2. The number of carbonyl (C=O) groups is 2. The third-order valence-corrected chi connectivity index (χ3v) is 7.33. The molecule has 0 aliphatic heterocycles. The summed E-state index contributed by atoms with van der Waals surface area (Å²) in [5.41, 5.74) is 7.90. The van der Waals surface area contributed by atoms with Gasteiger partial charge in [0.05, 0.1) is 18.8 Å². The fourth-order valence-electron chi connectivity index (χ4n) is 4.70. The van der Waals surface area contributed by atoms with Gasteiger partial charge in [0.1, 0.15) is 11.6 Å². The van der Waals surface area contributed by atoms with Crippen LogP contribution < -0.4 is 5.73 Å². The third-order valence-electron chi connectivity index (χ3n) is 6.68. The molecule has 0 saturated heterocycles. The lowest BCUT2D eigenvalue weighted by Crippen LogP contribution is -2.51. The van der Waals surface area contributed by atoms with Crippen LogP contribution >= 0.6 is 11.8 Å². The molecule has 222 valence electrons. The summed E-state index contributed by atoms with van der Waals surface area (Å²) in [4.78, 5) is 30.4. The smallest absolute Gasteiger partial charge is 0.254 e. The van der Waals surface area contributed by atoms with E-state index in [0.29, 0.717) is 30.8 Å². The lowest BCUT2D eigenvalue weighted by Gasteiger charge is -2.34. The van der Waals surface area contributed by atoms with Crippen LogP contribution in [-0.2, 0) is 6.42 Å². The molecule has 0 saturated carbocycles. The van der Waals surface area contributed by atoms with Gasteiger partial charge in [0.25, 0.3) is 11.8 Å². The highest BCUT2D eigenvalue weighted by atomic mass is 32.2. The van der Waals surface area contributed by atoms with E-state index < -0.39 is 35.7 Å². The monoisotopic (exact) mass is 579 g/mol. The second-order valence-corrected chi connectivity index (χ2v) is 11.2. The van der Waals surface area contributed by atoms with Crippen LogP contribution in [0.4, 0.5) is 8.78 Å². The molecule has 0 bridgehead atoms. The Hall–Kier alpha value is -2.53. The number of nitrogens with two attached hydrogens (primary N) is 1. The van der Waals surface area contributed by atoms with Crippen LogP contribution in [0.2, 0.25) is 0 Å². The number of aryl methyl sites for hydroxylation is 1. The standard InChI is InChI=1S/C30H43F2N3O4S/c1-5-8-34(9-6-2)29(38)22-11-20(3)12-23(16-22)30(39)35(26(19-36)7-10-40-4)18-28(37)27(33)15-21-13-24(31)17-25(32)14-21/h11-14,16-17,26-28,36-37H,5-10,15,18-19,33H2,1-4H3/t26-,27-,28+/m0/s1. The Morgan fingerprint density at radius 3 is 2.08 bits per heavy atom. The van der Waals surface area contributed by atoms with Crippen molar-refractivity contribution in [2.45, 2.75) is 64.6 Å². The lowest BCUT2D eigenvalue weighted by molar-refractivity contribution is 0.0353. The average Bonchev–Trinajstić information content (AvgIpc) is 2.90. The van der Waals surface area contributed by atoms with Crippen LogP contribution in [0.1, 0.15) is 65.0 Å². The Kier molecular flexibility index (Phi) is 14.0. The first kappa shape index (κ1) is 33.7. The van der Waals surface area contributed by atoms with Gasteiger partial charge in [0.2, 0.25) is 0 Å². The maximum absolute atomic E-state index is 13.9. The zero-order valence-electron chi connectivity index (χ0n) is 23.9. The van der Waals surface area contributed by atoms with Crippen molar-refractivity contribution in [3.8, 4) is 0 Å². The van der Waals surface area contributed by atoms with Crippen molar-refractivity contribution in [1.29, 1.82) is 0 Å². The van der Waals surface area contributed by atoms with E-state index in [4.69, 9.17) is 5.73 Å². The topological polar surface area (TPSA) is 107 Å². The lowest BCUT2D eigenvalue weighted by atomic mass is 9.99. The number of thioether (sulfide) groups is 1. The highest BCUT2D eigenvalue weighted by molar-refractivity contribution is 7.98. The van der Waals surface area contributed by atoms with E-state index in [1.54, 1.807) is 34.9 Å². The number of halogens is 2. The molecule has 0 heterocycles. The number of benzene rings is 2.